The molecule has 2 rings (SSSR count). The molecule has 1 atom stereocenters. The van der Waals surface area contributed by atoms with Crippen molar-refractivity contribution in [3.63, 3.8) is 0 Å². The minimum Gasteiger partial charge on any atom is -0.385 e. The summed E-state index contributed by atoms with van der Waals surface area (Å²) in [6.45, 7) is 8.28. The zero-order valence-corrected chi connectivity index (χ0v) is 20.7. The Labute approximate surface area is 204 Å². The van der Waals surface area contributed by atoms with E-state index in [1.54, 1.807) is 7.11 Å². The molecule has 180 valence electrons. The number of nitrogens with two attached hydrogens (primary N) is 1. The third-order valence-corrected chi connectivity index (χ3v) is 6.04. The topological polar surface area (TPSA) is 67.6 Å². The minimum atomic E-state index is -0.306. The number of allylic oxidation sites excluding steroid dienone is 5. The van der Waals surface area contributed by atoms with E-state index in [4.69, 9.17) is 22.1 Å². The summed E-state index contributed by atoms with van der Waals surface area (Å²) < 4.78 is 5.17. The molecule has 1 heterocycles. The number of methoxy groups -OCH3 is 1. The van der Waals surface area contributed by atoms with E-state index in [2.05, 4.69) is 24.9 Å². The van der Waals surface area contributed by atoms with Crippen molar-refractivity contribution in [2.24, 2.45) is 11.7 Å². The first-order chi connectivity index (χ1) is 16.0. The standard InChI is InChI=1S/C27H38ClN3O2/c1-4-5-14-31(20-25-16-22(7-6-15-33-3)10-11-26(25)28)27(32)24(18-29)17-23-9-8-21(2)12-13-30-19-23/h8-13,16,19,24,30H,2,4-7,14-15,17-18,20,29H2,1,3H3/b9-8-,13-12-,23-19+. The number of nitrogens with one attached hydrogen (secondary N) is 1. The Bertz CT molecular complexity index is 876. The summed E-state index contributed by atoms with van der Waals surface area (Å²) >= 11 is 6.53. The highest BCUT2D eigenvalue weighted by atomic mass is 35.5. The SMILES string of the molecule is C=C1/C=C\N/C=C(CC(CN)C(=O)N(CCCC)Cc2cc(CCCOC)ccc2Cl)\C=C/1. The van der Waals surface area contributed by atoms with E-state index in [1.165, 1.54) is 5.56 Å². The van der Waals surface area contributed by atoms with Gasteiger partial charge in [0.2, 0.25) is 5.91 Å². The van der Waals surface area contributed by atoms with Gasteiger partial charge in [-0.3, -0.25) is 4.79 Å². The van der Waals surface area contributed by atoms with Crippen molar-refractivity contribution in [2.45, 2.75) is 45.6 Å². The van der Waals surface area contributed by atoms with Crippen LogP contribution in [-0.2, 0) is 22.5 Å². The second-order valence-electron chi connectivity index (χ2n) is 8.40. The number of amides is 1. The second kappa shape index (κ2) is 14.7. The molecule has 1 aromatic rings. The molecule has 1 aliphatic heterocycles. The quantitative estimate of drug-likeness (QED) is 0.391. The van der Waals surface area contributed by atoms with E-state index in [0.717, 1.165) is 49.0 Å². The monoisotopic (exact) mass is 471 g/mol. The lowest BCUT2D eigenvalue weighted by Crippen LogP contribution is -2.39. The summed E-state index contributed by atoms with van der Waals surface area (Å²) in [5, 5.41) is 3.81. The van der Waals surface area contributed by atoms with Crippen LogP contribution in [0.3, 0.4) is 0 Å². The van der Waals surface area contributed by atoms with Crippen molar-refractivity contribution in [1.29, 1.82) is 0 Å². The second-order valence-corrected chi connectivity index (χ2v) is 8.81. The molecule has 0 bridgehead atoms. The van der Waals surface area contributed by atoms with Gasteiger partial charge in [0.15, 0.2) is 0 Å². The van der Waals surface area contributed by atoms with Gasteiger partial charge in [0, 0.05) is 50.8 Å². The zero-order chi connectivity index (χ0) is 24.1. The van der Waals surface area contributed by atoms with Gasteiger partial charge in [-0.2, -0.15) is 0 Å². The lowest BCUT2D eigenvalue weighted by molar-refractivity contribution is -0.135. The molecule has 0 saturated heterocycles. The number of benzene rings is 1. The Morgan fingerprint density at radius 2 is 2.09 bits per heavy atom. The number of unbranched alkanes of at least 4 members (excludes halogenated alkanes) is 1. The van der Waals surface area contributed by atoms with Crippen molar-refractivity contribution in [3.05, 3.63) is 82.7 Å². The number of hydrogen-bond donors (Lipinski definition) is 2. The van der Waals surface area contributed by atoms with Crippen molar-refractivity contribution >= 4 is 17.5 Å². The molecule has 33 heavy (non-hydrogen) atoms. The Balaban J connectivity index is 2.17. The Morgan fingerprint density at radius 3 is 2.82 bits per heavy atom. The molecule has 0 radical (unpaired) electrons. The predicted octanol–water partition coefficient (Wildman–Crippen LogP) is 5.13. The number of nitrogens with zero attached hydrogens (tertiary/aromatic N) is 1. The highest BCUT2D eigenvalue weighted by molar-refractivity contribution is 6.31. The van der Waals surface area contributed by atoms with Gasteiger partial charge in [-0.1, -0.05) is 55.8 Å². The third kappa shape index (κ3) is 9.20. The van der Waals surface area contributed by atoms with Crippen molar-refractivity contribution in [1.82, 2.24) is 10.2 Å². The van der Waals surface area contributed by atoms with Crippen molar-refractivity contribution < 1.29 is 9.53 Å². The molecule has 0 saturated carbocycles. The molecule has 0 aromatic heterocycles. The van der Waals surface area contributed by atoms with Gasteiger partial charge in [-0.25, -0.2) is 0 Å². The smallest absolute Gasteiger partial charge is 0.227 e. The highest BCUT2D eigenvalue weighted by Crippen LogP contribution is 2.23. The first kappa shape index (κ1) is 26.9. The molecule has 1 unspecified atom stereocenters. The first-order valence-corrected chi connectivity index (χ1v) is 12.1. The Hall–Kier alpha value is -2.34. The van der Waals surface area contributed by atoms with E-state index < -0.39 is 0 Å². The molecule has 0 fully saturated rings. The fourth-order valence-electron chi connectivity index (χ4n) is 3.72. The summed E-state index contributed by atoms with van der Waals surface area (Å²) in [5.41, 5.74) is 10.2. The molecule has 0 spiro atoms. The fraction of sp³-hybridized carbons (Fsp3) is 0.444. The molecular weight excluding hydrogens is 434 g/mol. The molecule has 0 aliphatic carbocycles. The van der Waals surface area contributed by atoms with E-state index >= 15 is 0 Å². The largest absolute Gasteiger partial charge is 0.385 e. The summed E-state index contributed by atoms with van der Waals surface area (Å²) in [6, 6.07) is 6.09. The van der Waals surface area contributed by atoms with Crippen LogP contribution < -0.4 is 11.1 Å². The summed E-state index contributed by atoms with van der Waals surface area (Å²) in [6.07, 6.45) is 13.9. The average molecular weight is 472 g/mol. The van der Waals surface area contributed by atoms with E-state index in [-0.39, 0.29) is 18.4 Å². The first-order valence-electron chi connectivity index (χ1n) is 11.7. The minimum absolute atomic E-state index is 0.0672. The van der Waals surface area contributed by atoms with Crippen LogP contribution >= 0.6 is 11.6 Å². The maximum absolute atomic E-state index is 13.6. The number of aryl methyl sites for hydroxylation is 1. The van der Waals surface area contributed by atoms with Gasteiger partial charge < -0.3 is 20.7 Å². The average Bonchev–Trinajstić information content (AvgIpc) is 2.80. The van der Waals surface area contributed by atoms with Gasteiger partial charge in [0.25, 0.3) is 0 Å². The summed E-state index contributed by atoms with van der Waals surface area (Å²) in [4.78, 5) is 15.5. The maximum Gasteiger partial charge on any atom is 0.227 e. The Morgan fingerprint density at radius 1 is 1.27 bits per heavy atom. The molecule has 3 N–H and O–H groups in total. The van der Waals surface area contributed by atoms with Crippen LogP contribution in [0.2, 0.25) is 5.02 Å². The maximum atomic E-state index is 13.6. The van der Waals surface area contributed by atoms with E-state index in [9.17, 15) is 4.79 Å². The van der Waals surface area contributed by atoms with E-state index in [0.29, 0.717) is 24.5 Å². The predicted molar refractivity (Wildman–Crippen MR) is 138 cm³/mol. The zero-order valence-electron chi connectivity index (χ0n) is 20.0. The highest BCUT2D eigenvalue weighted by Gasteiger charge is 2.24. The molecule has 1 amide bonds. The van der Waals surface area contributed by atoms with Crippen LogP contribution in [0.15, 0.2) is 66.6 Å². The third-order valence-electron chi connectivity index (χ3n) is 5.67. The van der Waals surface area contributed by atoms with Crippen LogP contribution in [0.4, 0.5) is 0 Å². The number of halogens is 1. The number of ether oxygens (including phenoxy) is 1. The van der Waals surface area contributed by atoms with Gasteiger partial charge in [0.1, 0.15) is 0 Å². The molecule has 1 aromatic carbocycles. The van der Waals surface area contributed by atoms with Crippen LogP contribution in [0, 0.1) is 5.92 Å². The van der Waals surface area contributed by atoms with Gasteiger partial charge in [-0.05, 0) is 60.1 Å². The lowest BCUT2D eigenvalue weighted by atomic mass is 9.96. The van der Waals surface area contributed by atoms with Gasteiger partial charge >= 0.3 is 0 Å². The van der Waals surface area contributed by atoms with Gasteiger partial charge in [-0.15, -0.1) is 0 Å². The number of rotatable bonds is 13. The molecule has 1 aliphatic rings. The van der Waals surface area contributed by atoms with Crippen molar-refractivity contribution in [3.8, 4) is 0 Å². The number of carbonyl (C=O) groups excluding carboxylic acids is 1. The Kier molecular flexibility index (Phi) is 12.0. The van der Waals surface area contributed by atoms with Crippen LogP contribution in [0.1, 0.15) is 43.7 Å². The van der Waals surface area contributed by atoms with E-state index in [1.807, 2.05) is 47.7 Å². The van der Waals surface area contributed by atoms with Crippen LogP contribution in [0.25, 0.3) is 0 Å². The molecular formula is C27H38ClN3O2. The fourth-order valence-corrected chi connectivity index (χ4v) is 3.89. The van der Waals surface area contributed by atoms with Crippen molar-refractivity contribution in [2.75, 3.05) is 26.8 Å². The normalized spacial score (nSPS) is 17.8. The molecule has 6 heteroatoms. The van der Waals surface area contributed by atoms with Gasteiger partial charge in [0.05, 0.1) is 5.92 Å². The summed E-state index contributed by atoms with van der Waals surface area (Å²) in [5.74, 6) is -0.239. The molecule has 5 nitrogen and oxygen atoms in total. The number of hydrogen-bond acceptors (Lipinski definition) is 4. The lowest BCUT2D eigenvalue weighted by Gasteiger charge is -2.28. The summed E-state index contributed by atoms with van der Waals surface area (Å²) in [7, 11) is 1.71. The van der Waals surface area contributed by atoms with Crippen LogP contribution in [-0.4, -0.2) is 37.6 Å². The number of carbonyl (C=O) groups is 1. The van der Waals surface area contributed by atoms with Crippen LogP contribution in [0.5, 0.6) is 0 Å².